The molecule has 1 saturated heterocycles. The normalized spacial score (nSPS) is 21.6. The number of ether oxygens (including phenoxy) is 1. The number of aryl methyl sites for hydroxylation is 2. The fourth-order valence-corrected chi connectivity index (χ4v) is 4.43. The quantitative estimate of drug-likeness (QED) is 0.836. The Kier molecular flexibility index (Phi) is 5.76. The largest absolute Gasteiger partial charge is 0.373 e. The van der Waals surface area contributed by atoms with Gasteiger partial charge in [0.15, 0.2) is 0 Å². The fraction of sp³-hybridized carbons (Fsp3) is 0.450. The molecule has 0 saturated carbocycles. The molecule has 3 atom stereocenters. The van der Waals surface area contributed by atoms with E-state index in [0.717, 1.165) is 12.8 Å². The maximum Gasteiger partial charge on any atom is 0.315 e. The SMILES string of the molecule is Cc1cc(C(C)NC(=O)NC2CCOC(c3ccccc3)C2)c(C)s1. The lowest BCUT2D eigenvalue weighted by atomic mass is 9.97. The maximum absolute atomic E-state index is 12.4. The second kappa shape index (κ2) is 8.02. The molecule has 1 fully saturated rings. The minimum atomic E-state index is -0.102. The Morgan fingerprint density at radius 3 is 2.72 bits per heavy atom. The number of carbonyl (C=O) groups is 1. The highest BCUT2D eigenvalue weighted by Crippen LogP contribution is 2.28. The van der Waals surface area contributed by atoms with Gasteiger partial charge in [-0.1, -0.05) is 30.3 Å². The van der Waals surface area contributed by atoms with Gasteiger partial charge in [-0.15, -0.1) is 11.3 Å². The van der Waals surface area contributed by atoms with Crippen LogP contribution < -0.4 is 10.6 Å². The monoisotopic (exact) mass is 358 g/mol. The molecule has 25 heavy (non-hydrogen) atoms. The zero-order chi connectivity index (χ0) is 17.8. The number of hydrogen-bond acceptors (Lipinski definition) is 3. The molecule has 2 amide bonds. The Hall–Kier alpha value is -1.85. The molecule has 1 aromatic carbocycles. The molecule has 2 aromatic rings. The highest BCUT2D eigenvalue weighted by Gasteiger charge is 2.25. The van der Waals surface area contributed by atoms with Crippen LogP contribution in [0.5, 0.6) is 0 Å². The number of amides is 2. The minimum Gasteiger partial charge on any atom is -0.373 e. The Labute approximate surface area is 153 Å². The van der Waals surface area contributed by atoms with E-state index in [2.05, 4.69) is 42.7 Å². The summed E-state index contributed by atoms with van der Waals surface area (Å²) in [6.45, 7) is 6.90. The van der Waals surface area contributed by atoms with E-state index in [1.807, 2.05) is 25.1 Å². The van der Waals surface area contributed by atoms with Crippen LogP contribution >= 0.6 is 11.3 Å². The van der Waals surface area contributed by atoms with Crippen LogP contribution in [0.25, 0.3) is 0 Å². The average Bonchev–Trinajstić information content (AvgIpc) is 2.94. The molecule has 3 unspecified atom stereocenters. The topological polar surface area (TPSA) is 50.4 Å². The summed E-state index contributed by atoms with van der Waals surface area (Å²) in [6.07, 6.45) is 1.71. The van der Waals surface area contributed by atoms with Crippen molar-refractivity contribution in [3.05, 3.63) is 57.3 Å². The molecule has 2 N–H and O–H groups in total. The highest BCUT2D eigenvalue weighted by atomic mass is 32.1. The summed E-state index contributed by atoms with van der Waals surface area (Å²) >= 11 is 1.77. The molecular weight excluding hydrogens is 332 g/mol. The van der Waals surface area contributed by atoms with E-state index in [9.17, 15) is 4.79 Å². The number of thiophene rings is 1. The van der Waals surface area contributed by atoms with Crippen molar-refractivity contribution < 1.29 is 9.53 Å². The van der Waals surface area contributed by atoms with Crippen molar-refractivity contribution in [2.75, 3.05) is 6.61 Å². The van der Waals surface area contributed by atoms with Gasteiger partial charge in [0.1, 0.15) is 0 Å². The number of carbonyl (C=O) groups excluding carboxylic acids is 1. The van der Waals surface area contributed by atoms with Crippen molar-refractivity contribution in [2.45, 2.75) is 51.8 Å². The summed E-state index contributed by atoms with van der Waals surface area (Å²) in [5.74, 6) is 0. The minimum absolute atomic E-state index is 0.00899. The number of nitrogens with one attached hydrogen (secondary N) is 2. The van der Waals surface area contributed by atoms with Gasteiger partial charge in [-0.3, -0.25) is 0 Å². The van der Waals surface area contributed by atoms with Crippen LogP contribution in [0.4, 0.5) is 4.79 Å². The molecule has 0 radical (unpaired) electrons. The van der Waals surface area contributed by atoms with Crippen molar-refractivity contribution in [3.8, 4) is 0 Å². The van der Waals surface area contributed by atoms with Crippen molar-refractivity contribution in [2.24, 2.45) is 0 Å². The standard InChI is InChI=1S/C20H26N2O2S/c1-13-11-18(15(3)25-13)14(2)21-20(23)22-17-9-10-24-19(12-17)16-7-5-4-6-8-16/h4-8,11,14,17,19H,9-10,12H2,1-3H3,(H2,21,22,23). The van der Waals surface area contributed by atoms with E-state index in [1.165, 1.54) is 20.9 Å². The molecule has 3 rings (SSSR count). The molecule has 5 heteroatoms. The average molecular weight is 359 g/mol. The third-order valence-corrected chi connectivity index (χ3v) is 5.67. The molecular formula is C20H26N2O2S. The zero-order valence-corrected chi connectivity index (χ0v) is 15.9. The molecule has 0 spiro atoms. The third-order valence-electron chi connectivity index (χ3n) is 4.68. The van der Waals surface area contributed by atoms with E-state index < -0.39 is 0 Å². The molecule has 1 aliphatic heterocycles. The lowest BCUT2D eigenvalue weighted by Gasteiger charge is -2.30. The number of benzene rings is 1. The first-order valence-electron chi connectivity index (χ1n) is 8.83. The molecule has 0 bridgehead atoms. The first kappa shape index (κ1) is 18.0. The van der Waals surface area contributed by atoms with Crippen LogP contribution in [0, 0.1) is 13.8 Å². The van der Waals surface area contributed by atoms with Crippen molar-refractivity contribution >= 4 is 17.4 Å². The third kappa shape index (κ3) is 4.61. The predicted molar refractivity (Wildman–Crippen MR) is 102 cm³/mol. The molecule has 1 aliphatic rings. The molecule has 1 aromatic heterocycles. The van der Waals surface area contributed by atoms with Gasteiger partial charge in [0, 0.05) is 22.4 Å². The Balaban J connectivity index is 1.54. The van der Waals surface area contributed by atoms with Gasteiger partial charge >= 0.3 is 6.03 Å². The zero-order valence-electron chi connectivity index (χ0n) is 15.0. The van der Waals surface area contributed by atoms with Gasteiger partial charge in [0.2, 0.25) is 0 Å². The molecule has 2 heterocycles. The van der Waals surface area contributed by atoms with Gasteiger partial charge in [0.25, 0.3) is 0 Å². The molecule has 4 nitrogen and oxygen atoms in total. The summed E-state index contributed by atoms with van der Waals surface area (Å²) < 4.78 is 5.87. The van der Waals surface area contributed by atoms with E-state index in [4.69, 9.17) is 4.74 Å². The lowest BCUT2D eigenvalue weighted by molar-refractivity contribution is 0.00222. The second-order valence-corrected chi connectivity index (χ2v) is 8.16. The summed E-state index contributed by atoms with van der Waals surface area (Å²) in [7, 11) is 0. The van der Waals surface area contributed by atoms with Gasteiger partial charge in [-0.2, -0.15) is 0 Å². The number of urea groups is 1. The van der Waals surface area contributed by atoms with Crippen LogP contribution in [-0.4, -0.2) is 18.7 Å². The summed E-state index contributed by atoms with van der Waals surface area (Å²) in [6, 6.07) is 12.4. The van der Waals surface area contributed by atoms with Gasteiger partial charge < -0.3 is 15.4 Å². The van der Waals surface area contributed by atoms with E-state index in [0.29, 0.717) is 6.61 Å². The van der Waals surface area contributed by atoms with Crippen molar-refractivity contribution in [1.82, 2.24) is 10.6 Å². The fourth-order valence-electron chi connectivity index (χ4n) is 3.41. The van der Waals surface area contributed by atoms with Crippen LogP contribution in [0.15, 0.2) is 36.4 Å². The Morgan fingerprint density at radius 1 is 1.28 bits per heavy atom. The molecule has 134 valence electrons. The molecule has 0 aliphatic carbocycles. The van der Waals surface area contributed by atoms with Crippen LogP contribution in [0.1, 0.15) is 52.8 Å². The predicted octanol–water partition coefficient (Wildman–Crippen LogP) is 4.65. The summed E-state index contributed by atoms with van der Waals surface area (Å²) in [5, 5.41) is 6.19. The van der Waals surface area contributed by atoms with E-state index in [-0.39, 0.29) is 24.2 Å². The van der Waals surface area contributed by atoms with Crippen molar-refractivity contribution in [1.29, 1.82) is 0 Å². The van der Waals surface area contributed by atoms with Crippen LogP contribution in [0.2, 0.25) is 0 Å². The van der Waals surface area contributed by atoms with Gasteiger partial charge in [-0.25, -0.2) is 4.79 Å². The summed E-state index contributed by atoms with van der Waals surface area (Å²) in [5.41, 5.74) is 2.37. The maximum atomic E-state index is 12.4. The van der Waals surface area contributed by atoms with Crippen LogP contribution in [0.3, 0.4) is 0 Å². The van der Waals surface area contributed by atoms with Crippen molar-refractivity contribution in [3.63, 3.8) is 0 Å². The van der Waals surface area contributed by atoms with E-state index >= 15 is 0 Å². The lowest BCUT2D eigenvalue weighted by Crippen LogP contribution is -2.45. The number of rotatable bonds is 4. The summed E-state index contributed by atoms with van der Waals surface area (Å²) in [4.78, 5) is 14.9. The highest BCUT2D eigenvalue weighted by molar-refractivity contribution is 7.12. The first-order valence-corrected chi connectivity index (χ1v) is 9.65. The first-order chi connectivity index (χ1) is 12.0. The van der Waals surface area contributed by atoms with Gasteiger partial charge in [-0.05, 0) is 50.8 Å². The Morgan fingerprint density at radius 2 is 2.04 bits per heavy atom. The second-order valence-electron chi connectivity index (χ2n) is 6.70. The smallest absolute Gasteiger partial charge is 0.315 e. The van der Waals surface area contributed by atoms with Gasteiger partial charge in [0.05, 0.1) is 12.1 Å². The Bertz CT molecular complexity index is 714. The van der Waals surface area contributed by atoms with Crippen LogP contribution in [-0.2, 0) is 4.74 Å². The van der Waals surface area contributed by atoms with E-state index in [1.54, 1.807) is 11.3 Å². The number of hydrogen-bond donors (Lipinski definition) is 2.